The fourth-order valence-electron chi connectivity index (χ4n) is 4.92. The predicted octanol–water partition coefficient (Wildman–Crippen LogP) is 3.03. The second-order valence-electron chi connectivity index (χ2n) is 8.09. The Kier molecular flexibility index (Phi) is 4.66. The molecule has 3 atom stereocenters. The summed E-state index contributed by atoms with van der Waals surface area (Å²) >= 11 is 0. The lowest BCUT2D eigenvalue weighted by atomic mass is 9.55. The van der Waals surface area contributed by atoms with Crippen LogP contribution in [0.25, 0.3) is 0 Å². The van der Waals surface area contributed by atoms with Gasteiger partial charge < -0.3 is 13.9 Å². The average Bonchev–Trinajstić information content (AvgIpc) is 2.66. The zero-order valence-corrected chi connectivity index (χ0v) is 18.2. The van der Waals surface area contributed by atoms with E-state index in [9.17, 15) is 4.79 Å². The molecule has 0 saturated carbocycles. The van der Waals surface area contributed by atoms with Gasteiger partial charge in [-0.25, -0.2) is 0 Å². The van der Waals surface area contributed by atoms with Crippen molar-refractivity contribution in [2.75, 3.05) is 7.11 Å². The van der Waals surface area contributed by atoms with Crippen LogP contribution in [0.4, 0.5) is 0 Å². The van der Waals surface area contributed by atoms with Crippen molar-refractivity contribution in [1.29, 1.82) is 0 Å². The van der Waals surface area contributed by atoms with Gasteiger partial charge in [-0.3, -0.25) is 4.79 Å². The first-order valence-corrected chi connectivity index (χ1v) is 9.19. The van der Waals surface area contributed by atoms with Crippen LogP contribution in [0, 0.1) is 16.7 Å². The molecule has 2 aliphatic rings. The van der Waals surface area contributed by atoms with Crippen molar-refractivity contribution >= 4 is 16.5 Å². The highest BCUT2D eigenvalue weighted by Gasteiger charge is 2.65. The maximum Gasteiger partial charge on any atom is 0.319 e. The summed E-state index contributed by atoms with van der Waals surface area (Å²) < 4.78 is 17.3. The van der Waals surface area contributed by atoms with Crippen molar-refractivity contribution in [3.8, 4) is 0 Å². The molecule has 0 aromatic carbocycles. The number of methoxy groups -OCH3 is 1. The lowest BCUT2D eigenvalue weighted by Gasteiger charge is -2.47. The van der Waals surface area contributed by atoms with E-state index in [0.717, 1.165) is 22.5 Å². The van der Waals surface area contributed by atoms with Gasteiger partial charge in [0.15, 0.2) is 10.5 Å². The van der Waals surface area contributed by atoms with E-state index >= 15 is 0 Å². The molecule has 0 amide bonds. The number of hydrogen-bond acceptors (Lipinski definition) is 4. The fourth-order valence-corrected chi connectivity index (χ4v) is 5.20. The summed E-state index contributed by atoms with van der Waals surface area (Å²) in [6.07, 6.45) is 2.55. The van der Waals surface area contributed by atoms with Crippen LogP contribution in [0.15, 0.2) is 35.1 Å². The molecule has 1 saturated heterocycles. The summed E-state index contributed by atoms with van der Waals surface area (Å²) in [5.74, 6) is -0.435. The van der Waals surface area contributed by atoms with Crippen molar-refractivity contribution in [2.24, 2.45) is 16.7 Å². The van der Waals surface area contributed by atoms with Gasteiger partial charge in [-0.05, 0) is 36.8 Å². The summed E-state index contributed by atoms with van der Waals surface area (Å²) in [7, 11) is 2.16. The molecule has 1 fully saturated rings. The zero-order chi connectivity index (χ0) is 18.5. The maximum absolute atomic E-state index is 13.0. The molecule has 5 heteroatoms. The maximum atomic E-state index is 13.0. The summed E-state index contributed by atoms with van der Waals surface area (Å²) in [6, 6.07) is 0. The number of ether oxygens (including phenoxy) is 2. The molecule has 2 rings (SSSR count). The molecule has 0 aromatic heterocycles. The third kappa shape index (κ3) is 2.40. The number of rotatable bonds is 4. The Morgan fingerprint density at radius 1 is 1.38 bits per heavy atom. The first-order chi connectivity index (χ1) is 11.0. The number of carbonyl (C=O) groups is 1. The number of allylic oxidation sites excluding steroid dienone is 3. The van der Waals surface area contributed by atoms with Crippen LogP contribution in [0.3, 0.4) is 0 Å². The third-order valence-corrected chi connectivity index (χ3v) is 6.22. The minimum atomic E-state index is -1.00. The Morgan fingerprint density at radius 3 is 2.38 bits per heavy atom. The van der Waals surface area contributed by atoms with Crippen LogP contribution >= 0.6 is 0 Å². The second kappa shape index (κ2) is 5.88. The Morgan fingerprint density at radius 2 is 1.96 bits per heavy atom. The first-order valence-electron chi connectivity index (χ1n) is 8.37. The Hall–Kier alpha value is -1.33. The second-order valence-corrected chi connectivity index (χ2v) is 8.50. The number of esters is 1. The largest absolute Gasteiger partial charge is 0.497 e. The van der Waals surface area contributed by atoms with Gasteiger partial charge in [0.05, 0.1) is 7.11 Å². The van der Waals surface area contributed by atoms with E-state index < -0.39 is 11.2 Å². The van der Waals surface area contributed by atoms with Crippen molar-refractivity contribution in [3.63, 3.8) is 0 Å². The van der Waals surface area contributed by atoms with E-state index in [1.54, 1.807) is 7.11 Å². The van der Waals surface area contributed by atoms with Crippen LogP contribution in [0.1, 0.15) is 48.0 Å². The molecule has 0 bridgehead atoms. The molecule has 1 heterocycles. The summed E-state index contributed by atoms with van der Waals surface area (Å²) in [6.45, 7) is 16.2. The SMILES string of the molecule is C=CCC1=C(OC)C(C)=C2C(C)(O[SiH3])OC(=O)C2(C)C1C(C)(C)C. The monoisotopic (exact) mass is 350 g/mol. The highest BCUT2D eigenvalue weighted by atomic mass is 28.2. The van der Waals surface area contributed by atoms with Crippen LogP contribution in [-0.2, 0) is 18.7 Å². The van der Waals surface area contributed by atoms with E-state index in [4.69, 9.17) is 13.9 Å². The van der Waals surface area contributed by atoms with Crippen molar-refractivity contribution < 1.29 is 18.7 Å². The van der Waals surface area contributed by atoms with Gasteiger partial charge in [-0.2, -0.15) is 0 Å². The molecule has 0 N–H and O–H groups in total. The molecule has 0 aromatic rings. The van der Waals surface area contributed by atoms with Crippen molar-refractivity contribution in [3.05, 3.63) is 35.1 Å². The van der Waals surface area contributed by atoms with Gasteiger partial charge in [0, 0.05) is 18.4 Å². The summed E-state index contributed by atoms with van der Waals surface area (Å²) in [5, 5.41) is 0. The highest BCUT2D eigenvalue weighted by molar-refractivity contribution is 5.99. The molecule has 0 spiro atoms. The number of carbonyl (C=O) groups excluding carboxylic acids is 1. The first kappa shape index (κ1) is 19.0. The van der Waals surface area contributed by atoms with E-state index in [2.05, 4.69) is 27.4 Å². The zero-order valence-electron chi connectivity index (χ0n) is 16.2. The molecular weight excluding hydrogens is 320 g/mol. The smallest absolute Gasteiger partial charge is 0.319 e. The average molecular weight is 351 g/mol. The number of cyclic esters (lactones) is 1. The number of hydrogen-bond donors (Lipinski definition) is 0. The molecule has 134 valence electrons. The fraction of sp³-hybridized carbons (Fsp3) is 0.632. The van der Waals surface area contributed by atoms with Gasteiger partial charge >= 0.3 is 5.97 Å². The van der Waals surface area contributed by atoms with Crippen LogP contribution in [0.2, 0.25) is 0 Å². The van der Waals surface area contributed by atoms with E-state index in [0.29, 0.717) is 16.9 Å². The highest BCUT2D eigenvalue weighted by Crippen LogP contribution is 2.62. The van der Waals surface area contributed by atoms with Crippen molar-refractivity contribution in [1.82, 2.24) is 0 Å². The van der Waals surface area contributed by atoms with E-state index in [-0.39, 0.29) is 17.3 Å². The lowest BCUT2D eigenvalue weighted by Crippen LogP contribution is -2.46. The Labute approximate surface area is 148 Å². The molecule has 0 radical (unpaired) electrons. The molecule has 4 nitrogen and oxygen atoms in total. The van der Waals surface area contributed by atoms with Gasteiger partial charge in [0.1, 0.15) is 11.2 Å². The molecule has 3 unspecified atom stereocenters. The van der Waals surface area contributed by atoms with Crippen LogP contribution in [-0.4, -0.2) is 29.4 Å². The number of fused-ring (bicyclic) bond motifs is 1. The third-order valence-electron chi connectivity index (χ3n) is 5.44. The topological polar surface area (TPSA) is 44.8 Å². The quantitative estimate of drug-likeness (QED) is 0.444. The normalized spacial score (nSPS) is 33.6. The van der Waals surface area contributed by atoms with Crippen LogP contribution < -0.4 is 0 Å². The van der Waals surface area contributed by atoms with Crippen molar-refractivity contribution in [2.45, 2.75) is 53.8 Å². The Balaban J connectivity index is 2.90. The van der Waals surface area contributed by atoms with Gasteiger partial charge in [-0.15, -0.1) is 6.58 Å². The van der Waals surface area contributed by atoms with Gasteiger partial charge in [-0.1, -0.05) is 26.8 Å². The van der Waals surface area contributed by atoms with Gasteiger partial charge in [0.25, 0.3) is 0 Å². The lowest BCUT2D eigenvalue weighted by molar-refractivity contribution is -0.171. The molecular formula is C19H30O4Si. The predicted molar refractivity (Wildman–Crippen MR) is 98.1 cm³/mol. The minimum Gasteiger partial charge on any atom is -0.497 e. The van der Waals surface area contributed by atoms with E-state index in [1.165, 1.54) is 0 Å². The Bertz CT molecular complexity index is 640. The summed E-state index contributed by atoms with van der Waals surface area (Å²) in [4.78, 5) is 13.0. The molecule has 24 heavy (non-hydrogen) atoms. The summed E-state index contributed by atoms with van der Waals surface area (Å²) in [5.41, 5.74) is 2.04. The van der Waals surface area contributed by atoms with E-state index in [1.807, 2.05) is 26.8 Å². The minimum absolute atomic E-state index is 0.0530. The van der Waals surface area contributed by atoms with Gasteiger partial charge in [0.2, 0.25) is 5.79 Å². The standard InChI is InChI=1S/C19H30O4Si/c1-9-10-12-13(21-8)11(2)14-18(6,15(12)17(3,4)5)16(20)22-19(14,7)23-24/h9,15H,1,10H2,2-8,24H3. The molecule has 1 aliphatic carbocycles. The van der Waals surface area contributed by atoms with Crippen LogP contribution in [0.5, 0.6) is 0 Å². The molecule has 1 aliphatic heterocycles.